The van der Waals surface area contributed by atoms with E-state index in [2.05, 4.69) is 15.6 Å². The molecule has 0 spiro atoms. The Bertz CT molecular complexity index is 699. The molecule has 0 saturated carbocycles. The maximum Gasteiger partial charge on any atom is 0.335 e. The first-order valence-electron chi connectivity index (χ1n) is 7.84. The van der Waals surface area contributed by atoms with Crippen LogP contribution in [-0.4, -0.2) is 49.6 Å². The maximum absolute atomic E-state index is 12.4. The van der Waals surface area contributed by atoms with Crippen LogP contribution < -0.4 is 5.32 Å². The van der Waals surface area contributed by atoms with Gasteiger partial charge in [-0.3, -0.25) is 4.68 Å². The summed E-state index contributed by atoms with van der Waals surface area (Å²) in [6.07, 6.45) is 5.33. The summed E-state index contributed by atoms with van der Waals surface area (Å²) in [5.74, 6) is -0.960. The molecule has 1 aromatic carbocycles. The molecule has 2 aromatic rings. The Labute approximate surface area is 139 Å². The van der Waals surface area contributed by atoms with E-state index in [1.54, 1.807) is 29.2 Å². The molecule has 0 unspecified atom stereocenters. The number of amides is 2. The molecule has 24 heavy (non-hydrogen) atoms. The van der Waals surface area contributed by atoms with Crippen LogP contribution in [0.25, 0.3) is 0 Å². The van der Waals surface area contributed by atoms with Crippen molar-refractivity contribution in [2.75, 3.05) is 6.54 Å². The number of hydrogen-bond donors (Lipinski definition) is 2. The second kappa shape index (κ2) is 7.12. The molecule has 1 fully saturated rings. The standard InChI is InChI=1S/C16H19N5O3/c22-15(23)13-5-3-12(4-6-13)10-17-16(24)21-8-1-2-14(21)11-20-9-7-18-19-20/h3-7,9,14H,1-2,8,10-11H2,(H,17,24)(H,22,23)/t14-/m0/s1. The number of carbonyl (C=O) groups is 2. The van der Waals surface area contributed by atoms with Crippen molar-refractivity contribution in [2.24, 2.45) is 0 Å². The monoisotopic (exact) mass is 329 g/mol. The summed E-state index contributed by atoms with van der Waals surface area (Å²) in [5, 5.41) is 19.5. The van der Waals surface area contributed by atoms with Crippen LogP contribution in [0.15, 0.2) is 36.7 Å². The Kier molecular flexibility index (Phi) is 4.74. The minimum Gasteiger partial charge on any atom is -0.478 e. The number of hydrogen-bond acceptors (Lipinski definition) is 4. The normalized spacial score (nSPS) is 17.0. The van der Waals surface area contributed by atoms with Gasteiger partial charge < -0.3 is 15.3 Å². The fourth-order valence-electron chi connectivity index (χ4n) is 2.88. The smallest absolute Gasteiger partial charge is 0.335 e. The van der Waals surface area contributed by atoms with E-state index in [-0.39, 0.29) is 17.6 Å². The Morgan fingerprint density at radius 1 is 1.29 bits per heavy atom. The number of benzene rings is 1. The number of nitrogens with zero attached hydrogens (tertiary/aromatic N) is 4. The molecule has 126 valence electrons. The van der Waals surface area contributed by atoms with Gasteiger partial charge in [0.05, 0.1) is 24.3 Å². The molecule has 0 radical (unpaired) electrons. The number of aromatic carboxylic acids is 1. The van der Waals surface area contributed by atoms with E-state index in [4.69, 9.17) is 5.11 Å². The number of carboxylic acids is 1. The first-order valence-corrected chi connectivity index (χ1v) is 7.84. The molecular formula is C16H19N5O3. The van der Waals surface area contributed by atoms with Crippen molar-refractivity contribution < 1.29 is 14.7 Å². The van der Waals surface area contributed by atoms with Crippen molar-refractivity contribution in [1.29, 1.82) is 0 Å². The first kappa shape index (κ1) is 16.0. The number of rotatable bonds is 5. The SMILES string of the molecule is O=C(O)c1ccc(CNC(=O)N2CCC[C@H]2Cn2ccnn2)cc1. The van der Waals surface area contributed by atoms with Crippen LogP contribution >= 0.6 is 0 Å². The number of likely N-dealkylation sites (tertiary alicyclic amines) is 1. The van der Waals surface area contributed by atoms with E-state index in [1.807, 2.05) is 4.90 Å². The summed E-state index contributed by atoms with van der Waals surface area (Å²) < 4.78 is 1.74. The fourth-order valence-corrected chi connectivity index (χ4v) is 2.88. The minimum absolute atomic E-state index is 0.111. The van der Waals surface area contributed by atoms with Crippen molar-refractivity contribution in [3.05, 3.63) is 47.8 Å². The number of urea groups is 1. The molecule has 0 aliphatic carbocycles. The Morgan fingerprint density at radius 3 is 2.75 bits per heavy atom. The largest absolute Gasteiger partial charge is 0.478 e. The van der Waals surface area contributed by atoms with E-state index in [1.165, 1.54) is 12.1 Å². The van der Waals surface area contributed by atoms with E-state index in [0.717, 1.165) is 24.9 Å². The van der Waals surface area contributed by atoms with Gasteiger partial charge in [-0.2, -0.15) is 0 Å². The summed E-state index contributed by atoms with van der Waals surface area (Å²) in [5.41, 5.74) is 1.10. The highest BCUT2D eigenvalue weighted by Crippen LogP contribution is 2.18. The van der Waals surface area contributed by atoms with E-state index in [9.17, 15) is 9.59 Å². The zero-order valence-electron chi connectivity index (χ0n) is 13.1. The lowest BCUT2D eigenvalue weighted by molar-refractivity contribution is 0.0697. The number of carboxylic acid groups (broad SMARTS) is 1. The highest BCUT2D eigenvalue weighted by atomic mass is 16.4. The van der Waals surface area contributed by atoms with Gasteiger partial charge in [0.15, 0.2) is 0 Å². The van der Waals surface area contributed by atoms with E-state index in [0.29, 0.717) is 13.1 Å². The second-order valence-electron chi connectivity index (χ2n) is 5.78. The lowest BCUT2D eigenvalue weighted by atomic mass is 10.1. The maximum atomic E-state index is 12.4. The van der Waals surface area contributed by atoms with Crippen LogP contribution in [0.5, 0.6) is 0 Å². The molecule has 1 saturated heterocycles. The average molecular weight is 329 g/mol. The lowest BCUT2D eigenvalue weighted by Crippen LogP contribution is -2.44. The van der Waals surface area contributed by atoms with Crippen LogP contribution in [0.3, 0.4) is 0 Å². The third kappa shape index (κ3) is 3.70. The van der Waals surface area contributed by atoms with E-state index >= 15 is 0 Å². The third-order valence-corrected chi connectivity index (χ3v) is 4.15. The number of carbonyl (C=O) groups excluding carboxylic acids is 1. The van der Waals surface area contributed by atoms with Crippen LogP contribution in [0.1, 0.15) is 28.8 Å². The molecule has 8 heteroatoms. The van der Waals surface area contributed by atoms with Crippen molar-refractivity contribution in [3.63, 3.8) is 0 Å². The molecule has 1 aliphatic rings. The summed E-state index contributed by atoms with van der Waals surface area (Å²) in [4.78, 5) is 25.1. The third-order valence-electron chi connectivity index (χ3n) is 4.15. The lowest BCUT2D eigenvalue weighted by Gasteiger charge is -2.24. The predicted molar refractivity (Wildman–Crippen MR) is 85.4 cm³/mol. The average Bonchev–Trinajstić information content (AvgIpc) is 3.25. The van der Waals surface area contributed by atoms with Crippen LogP contribution in [0.2, 0.25) is 0 Å². The molecule has 2 N–H and O–H groups in total. The topological polar surface area (TPSA) is 100 Å². The van der Waals surface area contributed by atoms with Gasteiger partial charge in [-0.1, -0.05) is 17.3 Å². The fraction of sp³-hybridized carbons (Fsp3) is 0.375. The molecule has 1 aliphatic heterocycles. The predicted octanol–water partition coefficient (Wildman–Crippen LogP) is 1.35. The van der Waals surface area contributed by atoms with Gasteiger partial charge in [0, 0.05) is 19.3 Å². The van der Waals surface area contributed by atoms with Crippen molar-refractivity contribution in [2.45, 2.75) is 32.0 Å². The molecule has 2 heterocycles. The van der Waals surface area contributed by atoms with Gasteiger partial charge in [-0.05, 0) is 30.5 Å². The van der Waals surface area contributed by atoms with Gasteiger partial charge in [0.1, 0.15) is 0 Å². The molecule has 0 bridgehead atoms. The molecule has 1 aromatic heterocycles. The van der Waals surface area contributed by atoms with Crippen LogP contribution in [0, 0.1) is 0 Å². The minimum atomic E-state index is -0.960. The molecule has 1 atom stereocenters. The van der Waals surface area contributed by atoms with Crippen molar-refractivity contribution >= 4 is 12.0 Å². The molecule has 2 amide bonds. The van der Waals surface area contributed by atoms with Crippen molar-refractivity contribution in [3.8, 4) is 0 Å². The van der Waals surface area contributed by atoms with Crippen LogP contribution in [-0.2, 0) is 13.1 Å². The quantitative estimate of drug-likeness (QED) is 0.862. The van der Waals surface area contributed by atoms with Gasteiger partial charge in [0.25, 0.3) is 0 Å². The van der Waals surface area contributed by atoms with Gasteiger partial charge in [0.2, 0.25) is 0 Å². The number of nitrogens with one attached hydrogen (secondary N) is 1. The van der Waals surface area contributed by atoms with Gasteiger partial charge >= 0.3 is 12.0 Å². The van der Waals surface area contributed by atoms with Gasteiger partial charge in [-0.25, -0.2) is 9.59 Å². The highest BCUT2D eigenvalue weighted by molar-refractivity contribution is 5.87. The summed E-state index contributed by atoms with van der Waals surface area (Å²) in [7, 11) is 0. The van der Waals surface area contributed by atoms with Gasteiger partial charge in [-0.15, -0.1) is 5.10 Å². The van der Waals surface area contributed by atoms with E-state index < -0.39 is 5.97 Å². The Hall–Kier alpha value is -2.90. The second-order valence-corrected chi connectivity index (χ2v) is 5.78. The Morgan fingerprint density at radius 2 is 2.08 bits per heavy atom. The summed E-state index contributed by atoms with van der Waals surface area (Å²) in [6.45, 7) is 1.73. The molecular weight excluding hydrogens is 310 g/mol. The van der Waals surface area contributed by atoms with Crippen molar-refractivity contribution in [1.82, 2.24) is 25.2 Å². The first-order chi connectivity index (χ1) is 11.6. The highest BCUT2D eigenvalue weighted by Gasteiger charge is 2.29. The summed E-state index contributed by atoms with van der Waals surface area (Å²) >= 11 is 0. The summed E-state index contributed by atoms with van der Waals surface area (Å²) in [6, 6.07) is 6.49. The zero-order valence-corrected chi connectivity index (χ0v) is 13.1. The zero-order chi connectivity index (χ0) is 16.9. The van der Waals surface area contributed by atoms with Crippen LogP contribution in [0.4, 0.5) is 4.79 Å². The Balaban J connectivity index is 1.54. The number of aromatic nitrogens is 3. The molecule has 3 rings (SSSR count). The molecule has 8 nitrogen and oxygen atoms in total.